The second-order valence-corrected chi connectivity index (χ2v) is 30.0. The van der Waals surface area contributed by atoms with Gasteiger partial charge in [-0.1, -0.05) is 318 Å². The van der Waals surface area contributed by atoms with Gasteiger partial charge in [0.2, 0.25) is 0 Å². The third kappa shape index (κ3) is 83.2. The lowest BCUT2D eigenvalue weighted by atomic mass is 10.1. The average Bonchev–Trinajstić information content (AvgIpc) is 0.903. The summed E-state index contributed by atoms with van der Waals surface area (Å²) >= 11 is 0. The highest BCUT2D eigenvalue weighted by atomic mass is 31.2. The van der Waals surface area contributed by atoms with E-state index in [9.17, 15) is 43.5 Å². The Morgan fingerprint density at radius 3 is 0.725 bits per heavy atom. The number of hydrogen-bond donors (Lipinski definition) is 4. The molecule has 0 rings (SSSR count). The summed E-state index contributed by atoms with van der Waals surface area (Å²) in [5.41, 5.74) is 0. The lowest BCUT2D eigenvalue weighted by Gasteiger charge is -2.21. The van der Waals surface area contributed by atoms with Crippen LogP contribution in [0, 0.1) is 0 Å². The molecule has 0 aliphatic carbocycles. The number of phosphoric acid groups is 2. The highest BCUT2D eigenvalue weighted by Crippen LogP contribution is 2.45. The second-order valence-electron chi connectivity index (χ2n) is 27.1. The quantitative estimate of drug-likeness (QED) is 0.0146. The zero-order valence-corrected chi connectivity index (χ0v) is 69.4. The topological polar surface area (TPSA) is 231 Å². The first kappa shape index (κ1) is 103. The van der Waals surface area contributed by atoms with Crippen molar-refractivity contribution in [3.63, 3.8) is 0 Å². The number of allylic oxidation sites excluding steroid dienone is 32. The van der Waals surface area contributed by atoms with Gasteiger partial charge < -0.3 is 34.2 Å². The van der Waals surface area contributed by atoms with Crippen LogP contribution in [0.4, 0.5) is 0 Å². The summed E-state index contributed by atoms with van der Waals surface area (Å²) in [5.74, 6) is -1.63. The zero-order valence-electron chi connectivity index (χ0n) is 67.6. The maximum absolute atomic E-state index is 13.0. The van der Waals surface area contributed by atoms with Crippen molar-refractivity contribution in [1.82, 2.24) is 0 Å². The number of rotatable bonds is 77. The molecule has 0 saturated carbocycles. The SMILES string of the molecule is CC/C=C\C/C=C\C/C=C\C/C=C\C/C=C\C/C=C\CCCCCCC(=O)OC(COC(=O)CCCCCCCCCCC/C=C\C/C=C\C/C=C\C/C=C\C/C=C\CC)COP(=O)(O)OCC(O)COP(=O)(O)OCC(O)COC(=O)CCCCCCCCCCC/C=C\C/C=C\C/C=C\C/C=C\C/C=C\CC. The Hall–Kier alpha value is -5.61. The first-order chi connectivity index (χ1) is 53.2. The standard InChI is InChI=1S/C91H148O16P2/c1-4-7-10-13-16-19-22-25-28-31-34-37-40-42-45-47-50-53-56-59-62-65-68-71-74-77-89(94)101-80-86(92)81-103-108(97,98)104-82-87(93)83-105-109(99,100)106-85-88(107-91(96)79-76-73-70-67-64-61-58-55-52-49-44-39-36-33-30-27-24-21-18-15-12-9-6-3)84-102-90(95)78-75-72-69-66-63-60-57-54-51-48-46-43-41-38-35-32-29-26-23-20-17-14-11-8-5-2/h7-12,16-21,25-30,34-39,42-43,45-46,49,52,58,61,86-88,92-93H,4-6,13-15,22-24,31-33,40-41,44,47-48,50-51,53-57,59-60,62-85H2,1-3H3,(H,97,98)(H,99,100)/b10-7-,11-8-,12-9-,19-16-,20-17-,21-18-,28-25-,29-26-,30-27-,37-34-,38-35-,39-36-,45-42-,46-43-,52-49-,61-58-. The number of aliphatic hydroxyl groups excluding tert-OH is 2. The number of unbranched alkanes of at least 4 members (excludes halogenated alkanes) is 22. The Labute approximate surface area is 661 Å². The fraction of sp³-hybridized carbons (Fsp3) is 0.615. The molecule has 0 aromatic heterocycles. The van der Waals surface area contributed by atoms with E-state index in [1.165, 1.54) is 51.4 Å². The van der Waals surface area contributed by atoms with Crippen LogP contribution in [0.1, 0.15) is 303 Å². The first-order valence-corrected chi connectivity index (χ1v) is 44.7. The molecule has 0 heterocycles. The molecule has 0 saturated heterocycles. The summed E-state index contributed by atoms with van der Waals surface area (Å²) < 4.78 is 61.3. The van der Waals surface area contributed by atoms with Crippen LogP contribution in [0.5, 0.6) is 0 Å². The van der Waals surface area contributed by atoms with E-state index in [1.54, 1.807) is 0 Å². The Morgan fingerprint density at radius 1 is 0.257 bits per heavy atom. The van der Waals surface area contributed by atoms with Crippen LogP contribution >= 0.6 is 15.6 Å². The molecule has 16 nitrogen and oxygen atoms in total. The average molecular weight is 1560 g/mol. The van der Waals surface area contributed by atoms with Crippen molar-refractivity contribution in [3.8, 4) is 0 Å². The van der Waals surface area contributed by atoms with Crippen LogP contribution < -0.4 is 0 Å². The highest BCUT2D eigenvalue weighted by Gasteiger charge is 2.29. The lowest BCUT2D eigenvalue weighted by molar-refractivity contribution is -0.161. The van der Waals surface area contributed by atoms with Gasteiger partial charge >= 0.3 is 33.6 Å². The Bertz CT molecular complexity index is 2760. The highest BCUT2D eigenvalue weighted by molar-refractivity contribution is 7.47. The molecule has 0 aliphatic heterocycles. The third-order valence-corrected chi connectivity index (χ3v) is 18.7. The molecule has 0 bridgehead atoms. The fourth-order valence-corrected chi connectivity index (χ4v) is 12.2. The van der Waals surface area contributed by atoms with Gasteiger partial charge in [-0.05, 0) is 161 Å². The zero-order chi connectivity index (χ0) is 79.4. The van der Waals surface area contributed by atoms with Crippen LogP contribution in [-0.4, -0.2) is 95.9 Å². The van der Waals surface area contributed by atoms with E-state index >= 15 is 0 Å². The van der Waals surface area contributed by atoms with Crippen molar-refractivity contribution in [2.24, 2.45) is 0 Å². The number of esters is 3. The molecule has 0 spiro atoms. The van der Waals surface area contributed by atoms with Crippen molar-refractivity contribution in [1.29, 1.82) is 0 Å². The van der Waals surface area contributed by atoms with E-state index in [-0.39, 0.29) is 19.3 Å². The van der Waals surface area contributed by atoms with Gasteiger partial charge in [0.25, 0.3) is 0 Å². The third-order valence-electron chi connectivity index (χ3n) is 16.8. The van der Waals surface area contributed by atoms with E-state index in [1.807, 2.05) is 0 Å². The largest absolute Gasteiger partial charge is 0.472 e. The molecule has 0 amide bonds. The summed E-state index contributed by atoms with van der Waals surface area (Å²) in [6, 6.07) is 0. The molecule has 0 aromatic rings. The maximum atomic E-state index is 13.0. The predicted octanol–water partition coefficient (Wildman–Crippen LogP) is 25.1. The van der Waals surface area contributed by atoms with Crippen molar-refractivity contribution >= 4 is 33.6 Å². The number of aliphatic hydroxyl groups is 2. The van der Waals surface area contributed by atoms with Gasteiger partial charge in [-0.15, -0.1) is 0 Å². The number of phosphoric ester groups is 2. The first-order valence-electron chi connectivity index (χ1n) is 41.7. The van der Waals surface area contributed by atoms with Crippen LogP contribution in [0.3, 0.4) is 0 Å². The molecular formula is C91H148O16P2. The van der Waals surface area contributed by atoms with Gasteiger partial charge in [0.05, 0.1) is 26.4 Å². The monoisotopic (exact) mass is 1560 g/mol. The van der Waals surface area contributed by atoms with Gasteiger partial charge in [0.15, 0.2) is 6.10 Å². The summed E-state index contributed by atoms with van der Waals surface area (Å²) in [6.07, 6.45) is 107. The summed E-state index contributed by atoms with van der Waals surface area (Å²) in [7, 11) is -9.83. The Morgan fingerprint density at radius 2 is 0.459 bits per heavy atom. The van der Waals surface area contributed by atoms with Gasteiger partial charge in [-0.2, -0.15) is 0 Å². The van der Waals surface area contributed by atoms with E-state index < -0.39 is 91.5 Å². The number of carbonyl (C=O) groups is 3. The number of carbonyl (C=O) groups excluding carboxylic acids is 3. The van der Waals surface area contributed by atoms with Crippen LogP contribution in [-0.2, 0) is 55.8 Å². The van der Waals surface area contributed by atoms with Crippen molar-refractivity contribution in [2.75, 3.05) is 39.6 Å². The van der Waals surface area contributed by atoms with E-state index in [0.717, 1.165) is 193 Å². The molecule has 5 atom stereocenters. The fourth-order valence-electron chi connectivity index (χ4n) is 10.6. The van der Waals surface area contributed by atoms with Gasteiger partial charge in [0, 0.05) is 19.3 Å². The summed E-state index contributed by atoms with van der Waals surface area (Å²) in [6.45, 7) is 2.29. The molecule has 618 valence electrons. The maximum Gasteiger partial charge on any atom is 0.472 e. The number of hydrogen-bond acceptors (Lipinski definition) is 14. The lowest BCUT2D eigenvalue weighted by Crippen LogP contribution is -2.30. The van der Waals surface area contributed by atoms with Crippen molar-refractivity contribution in [2.45, 2.75) is 322 Å². The smallest absolute Gasteiger partial charge is 0.463 e. The van der Waals surface area contributed by atoms with Crippen LogP contribution in [0.15, 0.2) is 194 Å². The molecule has 0 aliphatic rings. The van der Waals surface area contributed by atoms with Crippen molar-refractivity contribution < 1.29 is 75.8 Å². The van der Waals surface area contributed by atoms with E-state index in [2.05, 4.69) is 215 Å². The normalized spacial score (nSPS) is 14.9. The molecule has 109 heavy (non-hydrogen) atoms. The molecule has 0 fully saturated rings. The van der Waals surface area contributed by atoms with Crippen LogP contribution in [0.2, 0.25) is 0 Å². The summed E-state index contributed by atoms with van der Waals surface area (Å²) in [4.78, 5) is 58.9. The molecular weight excluding hydrogens is 1410 g/mol. The molecule has 4 N–H and O–H groups in total. The van der Waals surface area contributed by atoms with E-state index in [4.69, 9.17) is 32.3 Å². The molecule has 5 unspecified atom stereocenters. The van der Waals surface area contributed by atoms with Gasteiger partial charge in [-0.3, -0.25) is 32.5 Å². The van der Waals surface area contributed by atoms with Gasteiger partial charge in [-0.25, -0.2) is 9.13 Å². The Balaban J connectivity index is 4.75. The molecule has 0 radical (unpaired) electrons. The second kappa shape index (κ2) is 81.9. The number of ether oxygens (including phenoxy) is 3. The molecule has 18 heteroatoms. The minimum Gasteiger partial charge on any atom is -0.463 e. The Kier molecular flexibility index (Phi) is 77.7. The van der Waals surface area contributed by atoms with Crippen LogP contribution in [0.25, 0.3) is 0 Å². The predicted molar refractivity (Wildman–Crippen MR) is 454 cm³/mol. The van der Waals surface area contributed by atoms with E-state index in [0.29, 0.717) is 19.3 Å². The summed E-state index contributed by atoms with van der Waals surface area (Å²) in [5, 5.41) is 20.7. The molecule has 0 aromatic carbocycles. The minimum atomic E-state index is -4.96. The van der Waals surface area contributed by atoms with Gasteiger partial charge in [0.1, 0.15) is 25.4 Å². The minimum absolute atomic E-state index is 0.0653. The van der Waals surface area contributed by atoms with Crippen molar-refractivity contribution in [3.05, 3.63) is 194 Å².